The van der Waals surface area contributed by atoms with Gasteiger partial charge in [0, 0.05) is 11.8 Å². The van der Waals surface area contributed by atoms with Gasteiger partial charge in [0.1, 0.15) is 6.10 Å². The fraction of sp³-hybridized carbons (Fsp3) is 0.435. The van der Waals surface area contributed by atoms with Gasteiger partial charge in [-0.25, -0.2) is 13.4 Å². The Labute approximate surface area is 198 Å². The fourth-order valence-corrected chi connectivity index (χ4v) is 5.05. The molecule has 33 heavy (non-hydrogen) atoms. The standard InChI is InChI=1S/C23H28ClN3O5S/c1-23(2,30)21(28)18-12-26-20(13-25-18)27-22(29)16(10-14-6-4-5-7-14)15-8-9-19(17(24)11-15)33(3,31)32/h8-14,21,28,30H,4-7H2,1-3H3,(H,26,27,29)/b16-10+/t21-/m1/s1. The molecule has 0 radical (unpaired) electrons. The summed E-state index contributed by atoms with van der Waals surface area (Å²) in [6.07, 6.45) is 8.43. The van der Waals surface area contributed by atoms with Crippen molar-refractivity contribution in [1.82, 2.24) is 9.97 Å². The van der Waals surface area contributed by atoms with Crippen molar-refractivity contribution >= 4 is 38.7 Å². The van der Waals surface area contributed by atoms with E-state index in [9.17, 15) is 23.4 Å². The molecule has 1 aliphatic carbocycles. The van der Waals surface area contributed by atoms with Gasteiger partial charge in [-0.15, -0.1) is 0 Å². The average molecular weight is 494 g/mol. The summed E-state index contributed by atoms with van der Waals surface area (Å²) >= 11 is 6.22. The maximum Gasteiger partial charge on any atom is 0.257 e. The first-order valence-electron chi connectivity index (χ1n) is 10.6. The molecule has 1 aliphatic rings. The number of allylic oxidation sites excluding steroid dienone is 1. The van der Waals surface area contributed by atoms with Crippen LogP contribution in [0.3, 0.4) is 0 Å². The summed E-state index contributed by atoms with van der Waals surface area (Å²) < 4.78 is 23.8. The predicted molar refractivity (Wildman–Crippen MR) is 126 cm³/mol. The molecule has 3 N–H and O–H groups in total. The van der Waals surface area contributed by atoms with E-state index >= 15 is 0 Å². The molecule has 1 fully saturated rings. The number of carbonyl (C=O) groups excluding carboxylic acids is 1. The number of benzene rings is 1. The number of hydrogen-bond acceptors (Lipinski definition) is 7. The molecule has 0 unspecified atom stereocenters. The van der Waals surface area contributed by atoms with Crippen LogP contribution in [0.2, 0.25) is 5.02 Å². The van der Waals surface area contributed by atoms with E-state index in [0.717, 1.165) is 31.9 Å². The summed E-state index contributed by atoms with van der Waals surface area (Å²) in [5.41, 5.74) is -0.357. The first-order valence-corrected chi connectivity index (χ1v) is 12.9. The van der Waals surface area contributed by atoms with Gasteiger partial charge in [0.2, 0.25) is 0 Å². The molecule has 3 rings (SSSR count). The van der Waals surface area contributed by atoms with Crippen LogP contribution in [0.4, 0.5) is 5.82 Å². The van der Waals surface area contributed by atoms with Gasteiger partial charge in [-0.3, -0.25) is 9.78 Å². The lowest BCUT2D eigenvalue weighted by molar-refractivity contribution is -0.111. The quantitative estimate of drug-likeness (QED) is 0.503. The van der Waals surface area contributed by atoms with E-state index in [2.05, 4.69) is 15.3 Å². The molecule has 178 valence electrons. The van der Waals surface area contributed by atoms with Gasteiger partial charge in [-0.1, -0.05) is 36.6 Å². The smallest absolute Gasteiger partial charge is 0.257 e. The molecule has 1 atom stereocenters. The molecule has 1 heterocycles. The van der Waals surface area contributed by atoms with Gasteiger partial charge in [0.15, 0.2) is 15.7 Å². The summed E-state index contributed by atoms with van der Waals surface area (Å²) in [5.74, 6) is -0.0347. The van der Waals surface area contributed by atoms with E-state index in [4.69, 9.17) is 11.6 Å². The Morgan fingerprint density at radius 1 is 1.24 bits per heavy atom. The highest BCUT2D eigenvalue weighted by Crippen LogP contribution is 2.32. The van der Waals surface area contributed by atoms with Crippen molar-refractivity contribution in [2.45, 2.75) is 56.1 Å². The van der Waals surface area contributed by atoms with Crippen LogP contribution in [0.1, 0.15) is 56.9 Å². The molecule has 1 aromatic heterocycles. The zero-order chi connectivity index (χ0) is 24.4. The molecular weight excluding hydrogens is 466 g/mol. The molecule has 1 saturated carbocycles. The number of anilines is 1. The molecule has 1 aromatic carbocycles. The maximum atomic E-state index is 13.2. The van der Waals surface area contributed by atoms with Crippen LogP contribution in [0.5, 0.6) is 0 Å². The third-order valence-corrected chi connectivity index (χ3v) is 7.13. The van der Waals surface area contributed by atoms with Gasteiger partial charge in [0.25, 0.3) is 5.91 Å². The zero-order valence-corrected chi connectivity index (χ0v) is 20.3. The molecule has 0 spiro atoms. The number of aromatic nitrogens is 2. The van der Waals surface area contributed by atoms with E-state index < -0.39 is 27.4 Å². The number of sulfone groups is 1. The number of amides is 1. The normalized spacial score (nSPS) is 16.6. The lowest BCUT2D eigenvalue weighted by Crippen LogP contribution is -2.29. The zero-order valence-electron chi connectivity index (χ0n) is 18.7. The van der Waals surface area contributed by atoms with E-state index in [-0.39, 0.29) is 27.3 Å². The highest BCUT2D eigenvalue weighted by molar-refractivity contribution is 7.90. The Morgan fingerprint density at radius 2 is 1.91 bits per heavy atom. The highest BCUT2D eigenvalue weighted by Gasteiger charge is 2.28. The van der Waals surface area contributed by atoms with Crippen molar-refractivity contribution in [1.29, 1.82) is 0 Å². The van der Waals surface area contributed by atoms with Crippen LogP contribution in [0, 0.1) is 5.92 Å². The summed E-state index contributed by atoms with van der Waals surface area (Å²) in [5, 5.41) is 22.8. The van der Waals surface area contributed by atoms with Crippen LogP contribution >= 0.6 is 11.6 Å². The van der Waals surface area contributed by atoms with Crippen LogP contribution < -0.4 is 5.32 Å². The molecule has 0 aliphatic heterocycles. The second kappa shape index (κ2) is 9.89. The molecule has 0 bridgehead atoms. The first-order chi connectivity index (χ1) is 15.4. The van der Waals surface area contributed by atoms with Crippen molar-refractivity contribution in [2.75, 3.05) is 11.6 Å². The number of nitrogens with zero attached hydrogens (tertiary/aromatic N) is 2. The maximum absolute atomic E-state index is 13.2. The van der Waals surface area contributed by atoms with E-state index in [1.54, 1.807) is 6.07 Å². The van der Waals surface area contributed by atoms with Crippen molar-refractivity contribution < 1.29 is 23.4 Å². The van der Waals surface area contributed by atoms with Gasteiger partial charge in [-0.05, 0) is 50.3 Å². The SMILES string of the molecule is CC(C)(O)[C@H](O)c1cnc(NC(=O)/C(=C/C2CCCC2)c2ccc(S(C)(=O)=O)c(Cl)c2)cn1. The summed E-state index contributed by atoms with van der Waals surface area (Å²) in [4.78, 5) is 21.4. The summed E-state index contributed by atoms with van der Waals surface area (Å²) in [7, 11) is -3.50. The lowest BCUT2D eigenvalue weighted by atomic mass is 9.98. The van der Waals surface area contributed by atoms with Gasteiger partial charge in [0.05, 0.1) is 33.6 Å². The second-order valence-electron chi connectivity index (χ2n) is 8.88. The van der Waals surface area contributed by atoms with Crippen LogP contribution in [0.25, 0.3) is 5.57 Å². The Morgan fingerprint density at radius 3 is 2.42 bits per heavy atom. The third-order valence-electron chi connectivity index (χ3n) is 5.55. The van der Waals surface area contributed by atoms with Gasteiger partial charge >= 0.3 is 0 Å². The molecule has 1 amide bonds. The van der Waals surface area contributed by atoms with E-state index in [0.29, 0.717) is 11.1 Å². The lowest BCUT2D eigenvalue weighted by Gasteiger charge is -2.23. The van der Waals surface area contributed by atoms with Crippen molar-refractivity contribution in [3.8, 4) is 0 Å². The molecule has 0 saturated heterocycles. The number of rotatable bonds is 7. The van der Waals surface area contributed by atoms with E-state index in [1.165, 1.54) is 38.4 Å². The number of hydrogen-bond donors (Lipinski definition) is 3. The van der Waals surface area contributed by atoms with Crippen molar-refractivity contribution in [2.24, 2.45) is 5.92 Å². The minimum absolute atomic E-state index is 0.000335. The Bertz CT molecular complexity index is 1150. The van der Waals surface area contributed by atoms with E-state index in [1.807, 2.05) is 6.08 Å². The highest BCUT2D eigenvalue weighted by atomic mass is 35.5. The fourth-order valence-electron chi connectivity index (χ4n) is 3.72. The Balaban J connectivity index is 1.89. The largest absolute Gasteiger partial charge is 0.387 e. The van der Waals surface area contributed by atoms with Gasteiger partial charge in [-0.2, -0.15) is 0 Å². The average Bonchev–Trinajstić information content (AvgIpc) is 3.23. The predicted octanol–water partition coefficient (Wildman–Crippen LogP) is 3.55. The van der Waals surface area contributed by atoms with Crippen LogP contribution in [0.15, 0.2) is 41.6 Å². The number of carbonyl (C=O) groups is 1. The first kappa shape index (κ1) is 25.3. The topological polar surface area (TPSA) is 129 Å². The Hall–Kier alpha value is -2.33. The summed E-state index contributed by atoms with van der Waals surface area (Å²) in [6, 6.07) is 4.44. The van der Waals surface area contributed by atoms with Crippen molar-refractivity contribution in [3.63, 3.8) is 0 Å². The van der Waals surface area contributed by atoms with Crippen molar-refractivity contribution in [3.05, 3.63) is 52.9 Å². The molecule has 10 heteroatoms. The number of halogens is 1. The monoisotopic (exact) mass is 493 g/mol. The second-order valence-corrected chi connectivity index (χ2v) is 11.3. The third kappa shape index (κ3) is 6.38. The van der Waals surface area contributed by atoms with Crippen LogP contribution in [-0.2, 0) is 14.6 Å². The minimum Gasteiger partial charge on any atom is -0.387 e. The molecule has 8 nitrogen and oxygen atoms in total. The number of aliphatic hydroxyl groups excluding tert-OH is 1. The number of aliphatic hydroxyl groups is 2. The minimum atomic E-state index is -3.50. The molecule has 2 aromatic rings. The van der Waals surface area contributed by atoms with Crippen LogP contribution in [-0.4, -0.2) is 46.4 Å². The van der Waals surface area contributed by atoms with Gasteiger partial charge < -0.3 is 15.5 Å². The number of nitrogens with one attached hydrogen (secondary N) is 1. The molecular formula is C23H28ClN3O5S. The Kier molecular flexibility index (Phi) is 7.58. The summed E-state index contributed by atoms with van der Waals surface area (Å²) in [6.45, 7) is 2.91.